The number of aryl methyl sites for hydroxylation is 1. The molecule has 0 unspecified atom stereocenters. The second-order valence-electron chi connectivity index (χ2n) is 7.79. The van der Waals surface area contributed by atoms with Crippen LogP contribution < -0.4 is 10.1 Å². The summed E-state index contributed by atoms with van der Waals surface area (Å²) in [6, 6.07) is 17.3. The van der Waals surface area contributed by atoms with Gasteiger partial charge in [0, 0.05) is 22.3 Å². The van der Waals surface area contributed by atoms with Crippen molar-refractivity contribution in [2.24, 2.45) is 0 Å². The molecular weight excluding hydrogens is 542 g/mol. The molecule has 174 valence electrons. The molecule has 4 nitrogen and oxygen atoms in total. The van der Waals surface area contributed by atoms with Crippen molar-refractivity contribution in [2.45, 2.75) is 19.4 Å². The molecule has 0 bridgehead atoms. The minimum Gasteiger partial charge on any atom is -0.452 e. The minimum absolute atomic E-state index is 0.0270. The van der Waals surface area contributed by atoms with Crippen molar-refractivity contribution in [1.29, 1.82) is 0 Å². The van der Waals surface area contributed by atoms with E-state index in [1.165, 1.54) is 12.3 Å². The van der Waals surface area contributed by atoms with Gasteiger partial charge in [-0.15, -0.1) is 11.6 Å². The van der Waals surface area contributed by atoms with Crippen molar-refractivity contribution >= 4 is 55.9 Å². The summed E-state index contributed by atoms with van der Waals surface area (Å²) in [5, 5.41) is 4.17. The highest BCUT2D eigenvalue weighted by molar-refractivity contribution is 9.10. The van der Waals surface area contributed by atoms with Crippen molar-refractivity contribution in [1.82, 2.24) is 10.3 Å². The SMILES string of the molecule is Cc1ccc(C[C@H](CCl)NC(=O)c2c(Oc3cccc(Br)c3F)cnc3ccccc23)c(Cl)c1. The molecule has 1 aromatic heterocycles. The number of aromatic nitrogens is 1. The Hall–Kier alpha value is -2.67. The summed E-state index contributed by atoms with van der Waals surface area (Å²) < 4.78 is 20.7. The first kappa shape index (κ1) is 24.5. The highest BCUT2D eigenvalue weighted by Gasteiger charge is 2.22. The Balaban J connectivity index is 1.69. The fraction of sp³-hybridized carbons (Fsp3) is 0.154. The predicted molar refractivity (Wildman–Crippen MR) is 138 cm³/mol. The quantitative estimate of drug-likeness (QED) is 0.238. The average molecular weight is 562 g/mol. The number of hydrogen-bond acceptors (Lipinski definition) is 3. The van der Waals surface area contributed by atoms with Crippen LogP contribution >= 0.6 is 39.1 Å². The van der Waals surface area contributed by atoms with Gasteiger partial charge in [0.2, 0.25) is 0 Å². The highest BCUT2D eigenvalue weighted by atomic mass is 79.9. The molecule has 3 aromatic carbocycles. The van der Waals surface area contributed by atoms with E-state index in [1.807, 2.05) is 31.2 Å². The molecule has 1 amide bonds. The molecule has 0 radical (unpaired) electrons. The van der Waals surface area contributed by atoms with Gasteiger partial charge in [0.05, 0.1) is 21.7 Å². The summed E-state index contributed by atoms with van der Waals surface area (Å²) >= 11 is 15.7. The summed E-state index contributed by atoms with van der Waals surface area (Å²) in [4.78, 5) is 17.9. The first-order chi connectivity index (χ1) is 16.4. The number of pyridine rings is 1. The third kappa shape index (κ3) is 5.35. The smallest absolute Gasteiger partial charge is 0.256 e. The van der Waals surface area contributed by atoms with Crippen LogP contribution in [0.3, 0.4) is 0 Å². The number of carbonyl (C=O) groups excluding carboxylic acids is 1. The van der Waals surface area contributed by atoms with Gasteiger partial charge in [-0.1, -0.05) is 48.0 Å². The van der Waals surface area contributed by atoms with Gasteiger partial charge in [-0.05, 0) is 64.7 Å². The van der Waals surface area contributed by atoms with Crippen molar-refractivity contribution in [3.63, 3.8) is 0 Å². The van der Waals surface area contributed by atoms with Gasteiger partial charge in [0.25, 0.3) is 5.91 Å². The highest BCUT2D eigenvalue weighted by Crippen LogP contribution is 2.33. The Labute approximate surface area is 215 Å². The van der Waals surface area contributed by atoms with Crippen LogP contribution in [0.5, 0.6) is 11.5 Å². The van der Waals surface area contributed by atoms with E-state index < -0.39 is 17.8 Å². The fourth-order valence-electron chi connectivity index (χ4n) is 3.60. The lowest BCUT2D eigenvalue weighted by Crippen LogP contribution is -2.38. The van der Waals surface area contributed by atoms with Crippen LogP contribution in [0.1, 0.15) is 21.5 Å². The molecule has 0 fully saturated rings. The van der Waals surface area contributed by atoms with E-state index in [4.69, 9.17) is 27.9 Å². The van der Waals surface area contributed by atoms with Crippen LogP contribution in [-0.4, -0.2) is 22.8 Å². The number of fused-ring (bicyclic) bond motifs is 1. The molecule has 4 aromatic rings. The van der Waals surface area contributed by atoms with Crippen molar-refractivity contribution < 1.29 is 13.9 Å². The summed E-state index contributed by atoms with van der Waals surface area (Å²) in [5.41, 5.74) is 2.78. The molecule has 1 heterocycles. The van der Waals surface area contributed by atoms with Gasteiger partial charge in [-0.3, -0.25) is 9.78 Å². The molecule has 1 atom stereocenters. The van der Waals surface area contributed by atoms with Gasteiger partial charge in [0.15, 0.2) is 17.3 Å². The van der Waals surface area contributed by atoms with Crippen molar-refractivity contribution in [3.05, 3.63) is 98.9 Å². The topological polar surface area (TPSA) is 51.2 Å². The van der Waals surface area contributed by atoms with Crippen LogP contribution in [0.25, 0.3) is 10.9 Å². The summed E-state index contributed by atoms with van der Waals surface area (Å²) in [5.74, 6) is -0.696. The zero-order chi connectivity index (χ0) is 24.2. The van der Waals surface area contributed by atoms with Gasteiger partial charge in [0.1, 0.15) is 0 Å². The minimum atomic E-state index is -0.574. The number of alkyl halides is 1. The van der Waals surface area contributed by atoms with Crippen LogP contribution in [0.4, 0.5) is 4.39 Å². The van der Waals surface area contributed by atoms with E-state index in [-0.39, 0.29) is 27.4 Å². The lowest BCUT2D eigenvalue weighted by atomic mass is 10.0. The first-order valence-corrected chi connectivity index (χ1v) is 12.2. The van der Waals surface area contributed by atoms with E-state index >= 15 is 0 Å². The number of nitrogens with one attached hydrogen (secondary N) is 1. The molecule has 0 aliphatic rings. The molecule has 0 saturated carbocycles. The second-order valence-corrected chi connectivity index (χ2v) is 9.36. The van der Waals surface area contributed by atoms with Crippen LogP contribution in [0.2, 0.25) is 5.02 Å². The number of nitrogens with zero attached hydrogens (tertiary/aromatic N) is 1. The second kappa shape index (κ2) is 10.7. The normalized spacial score (nSPS) is 11.9. The van der Waals surface area contributed by atoms with Crippen molar-refractivity contribution in [3.8, 4) is 11.5 Å². The maximum atomic E-state index is 14.6. The third-order valence-corrected chi connectivity index (χ3v) is 6.64. The monoisotopic (exact) mass is 560 g/mol. The van der Waals surface area contributed by atoms with Crippen molar-refractivity contribution in [2.75, 3.05) is 5.88 Å². The lowest BCUT2D eigenvalue weighted by Gasteiger charge is -2.19. The zero-order valence-electron chi connectivity index (χ0n) is 18.1. The Bertz CT molecular complexity index is 1370. The maximum absolute atomic E-state index is 14.6. The Morgan fingerprint density at radius 1 is 1.15 bits per heavy atom. The van der Waals surface area contributed by atoms with Gasteiger partial charge in [-0.2, -0.15) is 0 Å². The van der Waals surface area contributed by atoms with Crippen LogP contribution in [0.15, 0.2) is 71.3 Å². The van der Waals surface area contributed by atoms with E-state index in [0.717, 1.165) is 11.1 Å². The predicted octanol–water partition coefficient (Wildman–Crippen LogP) is 7.47. The summed E-state index contributed by atoms with van der Waals surface area (Å²) in [7, 11) is 0. The van der Waals surface area contributed by atoms with E-state index in [2.05, 4.69) is 26.2 Å². The Kier molecular flexibility index (Phi) is 7.71. The number of rotatable bonds is 7. The molecule has 0 spiro atoms. The fourth-order valence-corrected chi connectivity index (χ4v) is 4.45. The zero-order valence-corrected chi connectivity index (χ0v) is 21.2. The number of amides is 1. The lowest BCUT2D eigenvalue weighted by molar-refractivity contribution is 0.0940. The molecule has 8 heteroatoms. The molecular formula is C26H20BrCl2FN2O2. The van der Waals surface area contributed by atoms with E-state index in [9.17, 15) is 9.18 Å². The maximum Gasteiger partial charge on any atom is 0.256 e. The molecule has 4 rings (SSSR count). The number of ether oxygens (including phenoxy) is 1. The average Bonchev–Trinajstić information content (AvgIpc) is 2.82. The van der Waals surface area contributed by atoms with Gasteiger partial charge < -0.3 is 10.1 Å². The Morgan fingerprint density at radius 2 is 1.94 bits per heavy atom. The molecule has 0 aliphatic carbocycles. The molecule has 0 aliphatic heterocycles. The molecule has 1 N–H and O–H groups in total. The summed E-state index contributed by atoms with van der Waals surface area (Å²) in [6.45, 7) is 1.96. The number of benzene rings is 3. The van der Waals surface area contributed by atoms with Crippen LogP contribution in [0, 0.1) is 12.7 Å². The number of para-hydroxylation sites is 1. The molecule has 34 heavy (non-hydrogen) atoms. The number of carbonyl (C=O) groups is 1. The first-order valence-electron chi connectivity index (χ1n) is 10.5. The number of hydrogen-bond donors (Lipinski definition) is 1. The summed E-state index contributed by atoms with van der Waals surface area (Å²) in [6.07, 6.45) is 1.87. The van der Waals surface area contributed by atoms with Gasteiger partial charge >= 0.3 is 0 Å². The van der Waals surface area contributed by atoms with Gasteiger partial charge in [-0.25, -0.2) is 4.39 Å². The number of halogens is 4. The largest absolute Gasteiger partial charge is 0.452 e. The molecule has 0 saturated heterocycles. The third-order valence-electron chi connectivity index (χ3n) is 5.30. The Morgan fingerprint density at radius 3 is 2.71 bits per heavy atom. The van der Waals surface area contributed by atoms with Crippen LogP contribution in [-0.2, 0) is 6.42 Å². The van der Waals surface area contributed by atoms with E-state index in [0.29, 0.717) is 22.3 Å². The van der Waals surface area contributed by atoms with E-state index in [1.54, 1.807) is 30.3 Å². The standard InChI is InChI=1S/C26H20BrCl2FN2O2/c1-15-9-10-16(20(29)11-15)12-17(13-28)32-26(33)24-18-5-2-3-7-21(18)31-14-23(24)34-22-8-4-6-19(27)25(22)30/h2-11,14,17H,12-13H2,1H3,(H,32,33)/t17-/m1/s1.